The van der Waals surface area contributed by atoms with E-state index in [0.717, 1.165) is 4.88 Å². The Morgan fingerprint density at radius 3 is 2.65 bits per heavy atom. The molecule has 3 aromatic rings. The van der Waals surface area contributed by atoms with Crippen molar-refractivity contribution in [3.8, 4) is 17.0 Å². The third-order valence-corrected chi connectivity index (χ3v) is 4.21. The first-order valence-corrected chi connectivity index (χ1v) is 8.50. The molecule has 9 heteroatoms. The van der Waals surface area contributed by atoms with E-state index in [9.17, 15) is 13.2 Å². The normalized spacial score (nSPS) is 11.2. The summed E-state index contributed by atoms with van der Waals surface area (Å²) in [5, 5.41) is 8.03. The molecule has 2 heterocycles. The molecule has 0 fully saturated rings. The lowest BCUT2D eigenvalue weighted by atomic mass is 10.1. The molecule has 0 amide bonds. The van der Waals surface area contributed by atoms with Gasteiger partial charge in [-0.25, -0.2) is 4.98 Å². The minimum absolute atomic E-state index is 0.298. The number of aromatic nitrogens is 2. The quantitative estimate of drug-likeness (QED) is 0.646. The fourth-order valence-electron chi connectivity index (χ4n) is 2.24. The molecule has 5 nitrogen and oxygen atoms in total. The number of hydrogen-bond acceptors (Lipinski definition) is 6. The van der Waals surface area contributed by atoms with Crippen LogP contribution in [0.5, 0.6) is 5.75 Å². The minimum Gasteiger partial charge on any atom is -0.406 e. The molecule has 0 aliphatic rings. The molecule has 136 valence electrons. The van der Waals surface area contributed by atoms with Crippen LogP contribution < -0.4 is 15.4 Å². The van der Waals surface area contributed by atoms with Gasteiger partial charge in [-0.05, 0) is 23.6 Å². The molecule has 0 saturated heterocycles. The summed E-state index contributed by atoms with van der Waals surface area (Å²) < 4.78 is 41.3. The van der Waals surface area contributed by atoms with Crippen molar-refractivity contribution in [3.63, 3.8) is 0 Å². The number of anilines is 2. The molecule has 0 aliphatic heterocycles. The van der Waals surface area contributed by atoms with Gasteiger partial charge in [-0.3, -0.25) is 0 Å². The highest BCUT2D eigenvalue weighted by atomic mass is 32.1. The molecule has 2 N–H and O–H groups in total. The smallest absolute Gasteiger partial charge is 0.406 e. The van der Waals surface area contributed by atoms with E-state index in [0.29, 0.717) is 29.6 Å². The van der Waals surface area contributed by atoms with Crippen LogP contribution in [0.4, 0.5) is 24.9 Å². The van der Waals surface area contributed by atoms with Gasteiger partial charge >= 0.3 is 6.36 Å². The van der Waals surface area contributed by atoms with Gasteiger partial charge in [0.2, 0.25) is 5.95 Å². The number of halogens is 3. The van der Waals surface area contributed by atoms with E-state index < -0.39 is 6.36 Å². The lowest BCUT2D eigenvalue weighted by Crippen LogP contribution is -2.17. The number of nitrogens with one attached hydrogen (secondary N) is 2. The molecule has 0 bridgehead atoms. The highest BCUT2D eigenvalue weighted by Gasteiger charge is 2.31. The number of alkyl halides is 3. The van der Waals surface area contributed by atoms with E-state index >= 15 is 0 Å². The zero-order chi connectivity index (χ0) is 18.6. The van der Waals surface area contributed by atoms with Crippen molar-refractivity contribution in [2.45, 2.75) is 12.9 Å². The fourth-order valence-corrected chi connectivity index (χ4v) is 2.89. The summed E-state index contributed by atoms with van der Waals surface area (Å²) >= 11 is 1.62. The van der Waals surface area contributed by atoms with Gasteiger partial charge in [0.25, 0.3) is 0 Å². The summed E-state index contributed by atoms with van der Waals surface area (Å²) in [5.41, 5.74) is 0.968. The van der Waals surface area contributed by atoms with Gasteiger partial charge in [0, 0.05) is 23.6 Å². The van der Waals surface area contributed by atoms with E-state index in [1.165, 1.54) is 18.2 Å². The lowest BCUT2D eigenvalue weighted by molar-refractivity contribution is -0.274. The second-order valence-electron chi connectivity index (χ2n) is 5.22. The van der Waals surface area contributed by atoms with Gasteiger partial charge in [-0.15, -0.1) is 24.5 Å². The van der Waals surface area contributed by atoms with Gasteiger partial charge in [-0.1, -0.05) is 18.2 Å². The number of hydrogen-bond donors (Lipinski definition) is 2. The molecule has 0 unspecified atom stereocenters. The Morgan fingerprint density at radius 2 is 1.96 bits per heavy atom. The van der Waals surface area contributed by atoms with E-state index in [1.807, 2.05) is 17.5 Å². The highest BCUT2D eigenvalue weighted by Crippen LogP contribution is 2.28. The number of nitrogens with zero attached hydrogens (tertiary/aromatic N) is 2. The third kappa shape index (κ3) is 4.85. The van der Waals surface area contributed by atoms with Crippen LogP contribution in [0.3, 0.4) is 0 Å². The molecule has 0 spiro atoms. The molecule has 0 aliphatic carbocycles. The highest BCUT2D eigenvalue weighted by molar-refractivity contribution is 7.09. The summed E-state index contributed by atoms with van der Waals surface area (Å²) in [5.74, 6) is 0.626. The zero-order valence-electron chi connectivity index (χ0n) is 13.7. The summed E-state index contributed by atoms with van der Waals surface area (Å²) in [6.07, 6.45) is -4.74. The van der Waals surface area contributed by atoms with Crippen LogP contribution in [0, 0.1) is 0 Å². The van der Waals surface area contributed by atoms with Gasteiger partial charge in [0.15, 0.2) is 0 Å². The Labute approximate surface area is 151 Å². The van der Waals surface area contributed by atoms with Gasteiger partial charge in [0.1, 0.15) is 11.6 Å². The van der Waals surface area contributed by atoms with Crippen LogP contribution in [0.15, 0.2) is 47.8 Å². The Balaban J connectivity index is 1.86. The molecule has 0 radical (unpaired) electrons. The van der Waals surface area contributed by atoms with Crippen LogP contribution >= 0.6 is 11.3 Å². The van der Waals surface area contributed by atoms with Crippen LogP contribution in [0.1, 0.15) is 4.88 Å². The van der Waals surface area contributed by atoms with Crippen LogP contribution in [0.2, 0.25) is 0 Å². The van der Waals surface area contributed by atoms with Crippen molar-refractivity contribution in [1.82, 2.24) is 9.97 Å². The van der Waals surface area contributed by atoms with E-state index in [4.69, 9.17) is 0 Å². The molecular formula is C17H15F3N4OS. The van der Waals surface area contributed by atoms with Gasteiger partial charge in [-0.2, -0.15) is 4.98 Å². The first-order chi connectivity index (χ1) is 12.4. The van der Waals surface area contributed by atoms with Crippen LogP contribution in [0.25, 0.3) is 11.3 Å². The van der Waals surface area contributed by atoms with Gasteiger partial charge < -0.3 is 15.4 Å². The number of rotatable bonds is 6. The maximum absolute atomic E-state index is 12.4. The molecular weight excluding hydrogens is 365 g/mol. The van der Waals surface area contributed by atoms with Crippen molar-refractivity contribution in [2.75, 3.05) is 17.7 Å². The lowest BCUT2D eigenvalue weighted by Gasteiger charge is -2.12. The first-order valence-electron chi connectivity index (χ1n) is 7.62. The summed E-state index contributed by atoms with van der Waals surface area (Å²) in [4.78, 5) is 9.76. The predicted octanol–water partition coefficient (Wildman–Crippen LogP) is 4.76. The Bertz CT molecular complexity index is 869. The zero-order valence-corrected chi connectivity index (χ0v) is 14.5. The van der Waals surface area contributed by atoms with Crippen molar-refractivity contribution in [2.24, 2.45) is 0 Å². The molecule has 3 rings (SSSR count). The molecule has 0 saturated carbocycles. The van der Waals surface area contributed by atoms with Crippen molar-refractivity contribution >= 4 is 23.1 Å². The second kappa shape index (κ2) is 7.61. The summed E-state index contributed by atoms with van der Waals surface area (Å²) in [6.45, 7) is 0.592. The number of benzene rings is 1. The maximum atomic E-state index is 12.4. The number of thiophene rings is 1. The van der Waals surface area contributed by atoms with E-state index in [1.54, 1.807) is 30.5 Å². The van der Waals surface area contributed by atoms with Crippen molar-refractivity contribution in [3.05, 3.63) is 52.7 Å². The fraction of sp³-hybridized carbons (Fsp3) is 0.176. The molecule has 26 heavy (non-hydrogen) atoms. The second-order valence-corrected chi connectivity index (χ2v) is 6.25. The van der Waals surface area contributed by atoms with Crippen molar-refractivity contribution in [1.29, 1.82) is 0 Å². The first kappa shape index (κ1) is 18.0. The largest absolute Gasteiger partial charge is 0.573 e. The van der Waals surface area contributed by atoms with Crippen LogP contribution in [-0.4, -0.2) is 23.4 Å². The Kier molecular flexibility index (Phi) is 5.27. The maximum Gasteiger partial charge on any atom is 0.573 e. The molecule has 1 aromatic carbocycles. The van der Waals surface area contributed by atoms with E-state index in [2.05, 4.69) is 25.3 Å². The third-order valence-electron chi connectivity index (χ3n) is 3.34. The van der Waals surface area contributed by atoms with Gasteiger partial charge in [0.05, 0.1) is 12.2 Å². The number of ether oxygens (including phenoxy) is 1. The van der Waals surface area contributed by atoms with Crippen LogP contribution in [-0.2, 0) is 6.54 Å². The standard InChI is InChI=1S/C17H15F3N4OS/c1-21-16-23-14(9-15(24-16)22-10-13-6-3-7-26-13)11-4-2-5-12(8-11)25-17(18,19)20/h2-9H,10H2,1H3,(H2,21,22,23,24). The predicted molar refractivity (Wildman–Crippen MR) is 95.3 cm³/mol. The summed E-state index contributed by atoms with van der Waals surface area (Å²) in [6, 6.07) is 11.3. The summed E-state index contributed by atoms with van der Waals surface area (Å²) in [7, 11) is 1.67. The topological polar surface area (TPSA) is 59.1 Å². The molecule has 0 atom stereocenters. The average molecular weight is 380 g/mol. The Morgan fingerprint density at radius 1 is 1.12 bits per heavy atom. The average Bonchev–Trinajstić information content (AvgIpc) is 3.12. The molecule has 2 aromatic heterocycles. The van der Waals surface area contributed by atoms with Crippen molar-refractivity contribution < 1.29 is 17.9 Å². The van der Waals surface area contributed by atoms with E-state index in [-0.39, 0.29) is 5.75 Å². The SMILES string of the molecule is CNc1nc(NCc2cccs2)cc(-c2cccc(OC(F)(F)F)c2)n1. The minimum atomic E-state index is -4.74. The Hall–Kier alpha value is -2.81. The monoisotopic (exact) mass is 380 g/mol.